The molecule has 1 aromatic carbocycles. The van der Waals surface area contributed by atoms with Crippen LogP contribution in [0, 0.1) is 5.41 Å². The molecule has 288 valence electrons. The Balaban J connectivity index is 1.11. The third-order valence-corrected chi connectivity index (χ3v) is 12.0. The number of nitrogen functional groups attached to an aromatic ring is 1. The molecule has 0 saturated carbocycles. The number of anilines is 1. The van der Waals surface area contributed by atoms with E-state index in [9.17, 15) is 49.2 Å². The summed E-state index contributed by atoms with van der Waals surface area (Å²) in [5, 5.41) is 50.7. The molecule has 3 aromatic heterocycles. The summed E-state index contributed by atoms with van der Waals surface area (Å²) in [5.41, 5.74) is 6.27. The van der Waals surface area contributed by atoms with Crippen molar-refractivity contribution in [1.29, 1.82) is 0 Å². The average Bonchev–Trinajstić information content (AvgIpc) is 3.79. The van der Waals surface area contributed by atoms with E-state index >= 15 is 0 Å². The maximum absolute atomic E-state index is 13.6. The number of aliphatic carboxylic acids is 1. The Hall–Kier alpha value is -6.14. The van der Waals surface area contributed by atoms with E-state index in [-0.39, 0.29) is 45.7 Å². The number of phenolic OH excluding ortho intramolecular Hbond substituents is 2. The number of carboxylic acid groups (broad SMARTS) is 2. The maximum atomic E-state index is 13.6. The lowest BCUT2D eigenvalue weighted by Gasteiger charge is -2.53. The van der Waals surface area contributed by atoms with Gasteiger partial charge in [0.2, 0.25) is 11.5 Å². The lowest BCUT2D eigenvalue weighted by atomic mass is 9.89. The Bertz CT molecular complexity index is 2280. The number of thiazole rings is 1. The van der Waals surface area contributed by atoms with Gasteiger partial charge >= 0.3 is 11.9 Å². The summed E-state index contributed by atoms with van der Waals surface area (Å²) < 4.78 is 1.31. The molecule has 5 heterocycles. The summed E-state index contributed by atoms with van der Waals surface area (Å²) in [7, 11) is 0. The van der Waals surface area contributed by atoms with E-state index in [1.54, 1.807) is 6.07 Å². The van der Waals surface area contributed by atoms with Crippen LogP contribution in [0.5, 0.6) is 11.5 Å². The zero-order valence-corrected chi connectivity index (χ0v) is 30.9. The molecule has 24 heteroatoms. The first-order valence-electron chi connectivity index (χ1n) is 15.8. The Morgan fingerprint density at radius 1 is 1.15 bits per heavy atom. The van der Waals surface area contributed by atoms with E-state index in [0.717, 1.165) is 53.2 Å². The monoisotopic (exact) mass is 814 g/mol. The number of benzene rings is 1. The molecule has 4 amide bonds. The third-order valence-electron chi connectivity index (χ3n) is 8.40. The van der Waals surface area contributed by atoms with Crippen molar-refractivity contribution in [3.8, 4) is 11.5 Å². The number of thioether (sulfide) groups is 2. The number of nitrogens with zero attached hydrogens (tertiary/aromatic N) is 6. The first-order valence-corrected chi connectivity index (χ1v) is 18.7. The van der Waals surface area contributed by atoms with Crippen LogP contribution in [0.2, 0.25) is 0 Å². The first-order chi connectivity index (χ1) is 26.0. The second kappa shape index (κ2) is 14.9. The molecule has 3 atom stereocenters. The molecule has 2 saturated heterocycles. The van der Waals surface area contributed by atoms with Crippen molar-refractivity contribution >= 4 is 86.9 Å². The predicted octanol–water partition coefficient (Wildman–Crippen LogP) is 0.101. The molecule has 2 aliphatic rings. The van der Waals surface area contributed by atoms with Gasteiger partial charge in [-0.3, -0.25) is 34.8 Å². The molecule has 0 radical (unpaired) electrons. The molecule has 2 fully saturated rings. The quantitative estimate of drug-likeness (QED) is 0.0235. The van der Waals surface area contributed by atoms with Crippen molar-refractivity contribution in [3.63, 3.8) is 0 Å². The molecule has 4 aromatic rings. The number of hydrazine groups is 1. The van der Waals surface area contributed by atoms with E-state index in [0.29, 0.717) is 5.03 Å². The van der Waals surface area contributed by atoms with Crippen LogP contribution in [-0.2, 0) is 24.0 Å². The number of aromatic hydroxyl groups is 2. The van der Waals surface area contributed by atoms with Gasteiger partial charge in [-0.2, -0.15) is 5.10 Å². The minimum Gasteiger partial charge on any atom is -0.504 e. The summed E-state index contributed by atoms with van der Waals surface area (Å²) >= 11 is 3.26. The van der Waals surface area contributed by atoms with Crippen molar-refractivity contribution < 1.29 is 54.0 Å². The lowest BCUT2D eigenvalue weighted by Crippen LogP contribution is -2.74. The fourth-order valence-corrected chi connectivity index (χ4v) is 8.63. The zero-order valence-electron chi connectivity index (χ0n) is 28.4. The molecular weight excluding hydrogens is 785 g/mol. The van der Waals surface area contributed by atoms with Crippen LogP contribution in [0.25, 0.3) is 5.65 Å². The number of fused-ring (bicyclic) bond motifs is 2. The number of oxime groups is 1. The molecule has 0 aliphatic carbocycles. The standard InChI is InChI=1S/C31H30N10O11S3/c1-30(2,27(49)38-37-22(44)13-3-4-16(42)17(43)7-13)52-39-19(15-9-53-29(32)35-15)23(45)36-20-24(46)40-10-31(28(50)51,12-55-25(20)40)11-54-18-5-6-33-21-14(26(47)48)8-34-41(18)21/h3-9,20,25,42-43H,10-12H2,1-2H3,(H2,32,35)(H,36,45)(H,37,44)(H,38,49)(H,47,48)(H,50,51)/t20?,25-,31?/m1/s1. The van der Waals surface area contributed by atoms with Crippen molar-refractivity contribution in [2.24, 2.45) is 10.6 Å². The summed E-state index contributed by atoms with van der Waals surface area (Å²) in [6, 6.07) is 3.76. The maximum Gasteiger partial charge on any atom is 0.341 e. The zero-order chi connectivity index (χ0) is 39.8. The van der Waals surface area contributed by atoms with E-state index < -0.39 is 75.2 Å². The number of carboxylic acids is 2. The number of hydrogen-bond donors (Lipinski definition) is 8. The van der Waals surface area contributed by atoms with Crippen LogP contribution in [0.4, 0.5) is 5.13 Å². The number of β-lactam (4-membered cyclic amide) rings is 1. The molecule has 6 rings (SSSR count). The van der Waals surface area contributed by atoms with Crippen molar-refractivity contribution in [1.82, 2.24) is 40.7 Å². The summed E-state index contributed by atoms with van der Waals surface area (Å²) in [6.45, 7) is 2.40. The van der Waals surface area contributed by atoms with Crippen molar-refractivity contribution in [2.75, 3.05) is 23.8 Å². The van der Waals surface area contributed by atoms with Gasteiger partial charge in [-0.1, -0.05) is 5.16 Å². The van der Waals surface area contributed by atoms with E-state index in [1.165, 1.54) is 40.9 Å². The highest BCUT2D eigenvalue weighted by Crippen LogP contribution is 2.44. The molecule has 2 aliphatic heterocycles. The van der Waals surface area contributed by atoms with Crippen LogP contribution in [0.15, 0.2) is 52.2 Å². The highest BCUT2D eigenvalue weighted by molar-refractivity contribution is 8.00. The fourth-order valence-electron chi connectivity index (χ4n) is 5.26. The smallest absolute Gasteiger partial charge is 0.341 e. The minimum atomic E-state index is -1.81. The topological polar surface area (TPSA) is 313 Å². The molecule has 0 spiro atoms. The first kappa shape index (κ1) is 38.6. The largest absolute Gasteiger partial charge is 0.504 e. The van der Waals surface area contributed by atoms with Gasteiger partial charge in [-0.05, 0) is 38.1 Å². The van der Waals surface area contributed by atoms with Gasteiger partial charge in [0.1, 0.15) is 33.1 Å². The van der Waals surface area contributed by atoms with E-state index in [1.807, 2.05) is 0 Å². The van der Waals surface area contributed by atoms with Crippen molar-refractivity contribution in [2.45, 2.75) is 35.9 Å². The predicted molar refractivity (Wildman–Crippen MR) is 194 cm³/mol. The van der Waals surface area contributed by atoms with E-state index in [4.69, 9.17) is 10.6 Å². The lowest BCUT2D eigenvalue weighted by molar-refractivity contribution is -0.157. The minimum absolute atomic E-state index is 0.00290. The van der Waals surface area contributed by atoms with Gasteiger partial charge in [0.25, 0.3) is 17.7 Å². The van der Waals surface area contributed by atoms with Gasteiger partial charge in [-0.25, -0.2) is 19.3 Å². The number of rotatable bonds is 12. The van der Waals surface area contributed by atoms with Gasteiger partial charge < -0.3 is 41.2 Å². The number of carbonyl (C=O) groups excluding carboxylic acids is 4. The summed E-state index contributed by atoms with van der Waals surface area (Å²) in [4.78, 5) is 91.5. The Morgan fingerprint density at radius 3 is 2.58 bits per heavy atom. The molecule has 9 N–H and O–H groups in total. The Morgan fingerprint density at radius 2 is 1.91 bits per heavy atom. The molecular formula is C31H30N10O11S3. The number of nitrogens with one attached hydrogen (secondary N) is 3. The Labute approximate surface area is 321 Å². The molecule has 0 bridgehead atoms. The Kier molecular flexibility index (Phi) is 10.5. The summed E-state index contributed by atoms with van der Waals surface area (Å²) in [5.74, 6) is -6.51. The van der Waals surface area contributed by atoms with Gasteiger partial charge in [-0.15, -0.1) is 34.9 Å². The highest BCUT2D eigenvalue weighted by atomic mass is 32.2. The third kappa shape index (κ3) is 7.63. The molecule has 21 nitrogen and oxygen atoms in total. The van der Waals surface area contributed by atoms with Crippen LogP contribution in [0.1, 0.15) is 40.3 Å². The van der Waals surface area contributed by atoms with Gasteiger partial charge in [0.15, 0.2) is 28.0 Å². The number of aromatic carboxylic acids is 1. The van der Waals surface area contributed by atoms with Crippen LogP contribution < -0.4 is 21.9 Å². The molecule has 55 heavy (non-hydrogen) atoms. The fraction of sp³-hybridized carbons (Fsp3) is 0.290. The van der Waals surface area contributed by atoms with Gasteiger partial charge in [0, 0.05) is 35.2 Å². The van der Waals surface area contributed by atoms with Crippen LogP contribution in [-0.4, -0.2) is 121 Å². The SMILES string of the molecule is CC(C)(ON=C(C(=O)NC1C(=O)N2CC(CSc3ccnc4c(C(=O)O)cnn34)(C(=O)O)CS[C@H]12)c1csc(N)n1)C(=O)NNC(=O)c1ccc(O)c(O)c1. The second-order valence-electron chi connectivity index (χ2n) is 12.6. The highest BCUT2D eigenvalue weighted by Gasteiger charge is 2.57. The molecule has 2 unspecified atom stereocenters. The number of hydrogen-bond acceptors (Lipinski definition) is 17. The average molecular weight is 815 g/mol. The van der Waals surface area contributed by atoms with Gasteiger partial charge in [0.05, 0.1) is 6.20 Å². The van der Waals surface area contributed by atoms with Crippen LogP contribution >= 0.6 is 34.9 Å². The second-order valence-corrected chi connectivity index (χ2v) is 15.6. The van der Waals surface area contributed by atoms with E-state index in [2.05, 4.69) is 36.4 Å². The number of aromatic nitrogens is 4. The summed E-state index contributed by atoms with van der Waals surface area (Å²) in [6.07, 6.45) is 2.54. The van der Waals surface area contributed by atoms with Crippen LogP contribution in [0.3, 0.4) is 0 Å². The number of nitrogens with two attached hydrogens (primary N) is 1. The number of carbonyl (C=O) groups is 6. The van der Waals surface area contributed by atoms with Crippen molar-refractivity contribution in [3.05, 3.63) is 58.9 Å². The normalized spacial score (nSPS) is 19.6. The number of amides is 4. The number of phenols is 2.